The number of nitrogens with zero attached hydrogens (tertiary/aromatic N) is 2. The van der Waals surface area contributed by atoms with Gasteiger partial charge in [-0.05, 0) is 54.7 Å². The molecule has 32 heavy (non-hydrogen) atoms. The van der Waals surface area contributed by atoms with Crippen LogP contribution in [0.5, 0.6) is 0 Å². The Morgan fingerprint density at radius 1 is 1.16 bits per heavy atom. The number of halogens is 3. The fraction of sp³-hybridized carbons (Fsp3) is 0.417. The summed E-state index contributed by atoms with van der Waals surface area (Å²) in [6.45, 7) is 6.28. The van der Waals surface area contributed by atoms with Crippen molar-refractivity contribution in [3.8, 4) is 0 Å². The number of benzene rings is 2. The molecule has 8 heteroatoms. The zero-order chi connectivity index (χ0) is 23.7. The molecule has 0 aliphatic carbocycles. The molecular formula is C24H30Cl3N3O2. The monoisotopic (exact) mass is 497 g/mol. The van der Waals surface area contributed by atoms with E-state index in [0.29, 0.717) is 28.3 Å². The number of carbonyl (C=O) groups is 2. The number of amides is 1. The number of carbonyl (C=O) groups excluding carboxylic acids is 2. The van der Waals surface area contributed by atoms with Crippen LogP contribution in [0.15, 0.2) is 42.5 Å². The van der Waals surface area contributed by atoms with Crippen LogP contribution in [-0.2, 0) is 16.1 Å². The Hall–Kier alpha value is -1.63. The highest BCUT2D eigenvalue weighted by atomic mass is 35.5. The summed E-state index contributed by atoms with van der Waals surface area (Å²) < 4.78 is 0. The summed E-state index contributed by atoms with van der Waals surface area (Å²) in [6, 6.07) is 13.4. The van der Waals surface area contributed by atoms with Crippen LogP contribution in [0.25, 0.3) is 0 Å². The second kappa shape index (κ2) is 13.2. The third-order valence-corrected chi connectivity index (χ3v) is 6.64. The van der Waals surface area contributed by atoms with E-state index in [1.807, 2.05) is 61.2 Å². The lowest BCUT2D eigenvalue weighted by atomic mass is 10.0. The van der Waals surface area contributed by atoms with Crippen molar-refractivity contribution in [2.24, 2.45) is 0 Å². The molecule has 1 saturated heterocycles. The van der Waals surface area contributed by atoms with E-state index < -0.39 is 0 Å². The first-order valence-corrected chi connectivity index (χ1v) is 11.7. The van der Waals surface area contributed by atoms with E-state index in [9.17, 15) is 4.79 Å². The minimum Gasteiger partial charge on any atom is -0.340 e. The molecule has 174 valence electrons. The Morgan fingerprint density at radius 3 is 2.47 bits per heavy atom. The Kier molecular flexibility index (Phi) is 11.0. The van der Waals surface area contributed by atoms with Gasteiger partial charge in [0.2, 0.25) is 5.91 Å². The molecule has 1 aliphatic rings. The van der Waals surface area contributed by atoms with Crippen LogP contribution in [-0.4, -0.2) is 48.8 Å². The van der Waals surface area contributed by atoms with Crippen LogP contribution in [0.3, 0.4) is 0 Å². The van der Waals surface area contributed by atoms with Gasteiger partial charge in [0.15, 0.2) is 0 Å². The summed E-state index contributed by atoms with van der Waals surface area (Å²) in [5.41, 5.74) is 2.18. The molecule has 0 saturated carbocycles. The predicted molar refractivity (Wildman–Crippen MR) is 132 cm³/mol. The lowest BCUT2D eigenvalue weighted by Crippen LogP contribution is -2.47. The van der Waals surface area contributed by atoms with Crippen LogP contribution in [0, 0.1) is 0 Å². The fourth-order valence-corrected chi connectivity index (χ4v) is 4.38. The van der Waals surface area contributed by atoms with Gasteiger partial charge in [0.1, 0.15) is 6.79 Å². The molecule has 0 aromatic heterocycles. The molecule has 2 aromatic carbocycles. The number of hydrogen-bond donors (Lipinski definition) is 1. The standard InChI is InChI=1S/C23H28Cl3N3O.CH2O/c1-3-21(17-8-11-19(25)20(26)13-17)27-15-29-12-4-5-22(29)23(30)28(2)14-16-6-9-18(24)10-7-16;1-2/h6-11,13,21-22,27H,3-5,12,14-15H2,1-2H3;1H2/t21-,22?;/m0./s1. The van der Waals surface area contributed by atoms with E-state index in [2.05, 4.69) is 17.1 Å². The minimum absolute atomic E-state index is 0.0962. The number of rotatable bonds is 8. The average Bonchev–Trinajstić information content (AvgIpc) is 3.27. The molecule has 0 spiro atoms. The van der Waals surface area contributed by atoms with Crippen LogP contribution in [0.4, 0.5) is 0 Å². The van der Waals surface area contributed by atoms with Gasteiger partial charge in [-0.25, -0.2) is 0 Å². The molecule has 5 nitrogen and oxygen atoms in total. The van der Waals surface area contributed by atoms with Crippen LogP contribution >= 0.6 is 34.8 Å². The van der Waals surface area contributed by atoms with Crippen molar-refractivity contribution in [3.05, 3.63) is 68.7 Å². The van der Waals surface area contributed by atoms with Crippen molar-refractivity contribution in [1.29, 1.82) is 0 Å². The third-order valence-electron chi connectivity index (χ3n) is 5.65. The van der Waals surface area contributed by atoms with Crippen LogP contribution in [0.1, 0.15) is 43.4 Å². The number of likely N-dealkylation sites (tertiary alicyclic amines) is 1. The van der Waals surface area contributed by atoms with Gasteiger partial charge in [0.25, 0.3) is 0 Å². The van der Waals surface area contributed by atoms with Crippen molar-refractivity contribution >= 4 is 47.5 Å². The quantitative estimate of drug-likeness (QED) is 0.516. The van der Waals surface area contributed by atoms with Gasteiger partial charge in [-0.15, -0.1) is 0 Å². The van der Waals surface area contributed by atoms with E-state index in [4.69, 9.17) is 39.6 Å². The van der Waals surface area contributed by atoms with Crippen LogP contribution < -0.4 is 5.32 Å². The third kappa shape index (κ3) is 7.19. The number of likely N-dealkylation sites (N-methyl/N-ethyl adjacent to an activating group) is 1. The van der Waals surface area contributed by atoms with Gasteiger partial charge in [-0.3, -0.25) is 15.0 Å². The molecular weight excluding hydrogens is 469 g/mol. The first-order chi connectivity index (χ1) is 15.4. The molecule has 0 radical (unpaired) electrons. The summed E-state index contributed by atoms with van der Waals surface area (Å²) in [5, 5.41) is 5.42. The van der Waals surface area contributed by atoms with Crippen molar-refractivity contribution < 1.29 is 9.59 Å². The number of nitrogens with one attached hydrogen (secondary N) is 1. The van der Waals surface area contributed by atoms with E-state index in [0.717, 1.165) is 36.9 Å². The van der Waals surface area contributed by atoms with Crippen molar-refractivity contribution in [2.45, 2.75) is 44.8 Å². The largest absolute Gasteiger partial charge is 0.340 e. The van der Waals surface area contributed by atoms with Gasteiger partial charge in [-0.2, -0.15) is 0 Å². The maximum Gasteiger partial charge on any atom is 0.240 e. The van der Waals surface area contributed by atoms with Gasteiger partial charge >= 0.3 is 0 Å². The maximum atomic E-state index is 13.1. The normalized spacial score (nSPS) is 16.8. The summed E-state index contributed by atoms with van der Waals surface area (Å²) in [4.78, 5) is 25.1. The lowest BCUT2D eigenvalue weighted by Gasteiger charge is -2.30. The molecule has 3 rings (SSSR count). The highest BCUT2D eigenvalue weighted by Crippen LogP contribution is 2.27. The zero-order valence-electron chi connectivity index (χ0n) is 18.5. The summed E-state index contributed by atoms with van der Waals surface area (Å²) in [7, 11) is 1.87. The maximum absolute atomic E-state index is 13.1. The Balaban J connectivity index is 0.00000176. The van der Waals surface area contributed by atoms with Gasteiger partial charge in [0.05, 0.1) is 16.1 Å². The van der Waals surface area contributed by atoms with Gasteiger partial charge in [0, 0.05) is 37.9 Å². The second-order valence-corrected chi connectivity index (χ2v) is 9.04. The fourth-order valence-electron chi connectivity index (χ4n) is 3.95. The van der Waals surface area contributed by atoms with Gasteiger partial charge < -0.3 is 9.69 Å². The van der Waals surface area contributed by atoms with E-state index in [1.54, 1.807) is 0 Å². The van der Waals surface area contributed by atoms with Crippen molar-refractivity contribution in [3.63, 3.8) is 0 Å². The Labute approximate surface area is 205 Å². The van der Waals surface area contributed by atoms with Crippen LogP contribution in [0.2, 0.25) is 15.1 Å². The average molecular weight is 499 g/mol. The van der Waals surface area contributed by atoms with Gasteiger partial charge in [-0.1, -0.05) is 59.9 Å². The number of hydrogen-bond acceptors (Lipinski definition) is 4. The first kappa shape index (κ1) is 26.6. The molecule has 1 N–H and O–H groups in total. The van der Waals surface area contributed by atoms with Crippen molar-refractivity contribution in [1.82, 2.24) is 15.1 Å². The highest BCUT2D eigenvalue weighted by molar-refractivity contribution is 6.42. The lowest BCUT2D eigenvalue weighted by molar-refractivity contribution is -0.135. The molecule has 2 atom stereocenters. The topological polar surface area (TPSA) is 52.7 Å². The van der Waals surface area contributed by atoms with Crippen molar-refractivity contribution in [2.75, 3.05) is 20.3 Å². The molecule has 2 aromatic rings. The predicted octanol–water partition coefficient (Wildman–Crippen LogP) is 5.58. The summed E-state index contributed by atoms with van der Waals surface area (Å²) in [5.74, 6) is 0.159. The zero-order valence-corrected chi connectivity index (χ0v) is 20.8. The SMILES string of the molecule is C=O.CC[C@H](NCN1CCCC1C(=O)N(C)Cc1ccc(Cl)cc1)c1ccc(Cl)c(Cl)c1. The summed E-state index contributed by atoms with van der Waals surface area (Å²) >= 11 is 18.2. The molecule has 1 amide bonds. The molecule has 1 heterocycles. The Morgan fingerprint density at radius 2 is 1.84 bits per heavy atom. The summed E-state index contributed by atoms with van der Waals surface area (Å²) in [6.07, 6.45) is 2.83. The van der Waals surface area contributed by atoms with E-state index in [1.165, 1.54) is 0 Å². The molecule has 1 unspecified atom stereocenters. The second-order valence-electron chi connectivity index (χ2n) is 7.79. The first-order valence-electron chi connectivity index (χ1n) is 10.6. The smallest absolute Gasteiger partial charge is 0.240 e. The van der Waals surface area contributed by atoms with E-state index >= 15 is 0 Å². The molecule has 1 aliphatic heterocycles. The molecule has 0 bridgehead atoms. The molecule has 1 fully saturated rings. The highest BCUT2D eigenvalue weighted by Gasteiger charge is 2.32. The minimum atomic E-state index is -0.0962. The Bertz CT molecular complexity index is 879. The van der Waals surface area contributed by atoms with E-state index in [-0.39, 0.29) is 18.0 Å².